The Morgan fingerprint density at radius 1 is 1.00 bits per heavy atom. The van der Waals surface area contributed by atoms with Crippen molar-refractivity contribution in [2.45, 2.75) is 17.7 Å². The molecule has 2 aromatic rings. The van der Waals surface area contributed by atoms with Crippen LogP contribution in [0.3, 0.4) is 0 Å². The Morgan fingerprint density at radius 3 is 2.12 bits per heavy atom. The lowest BCUT2D eigenvalue weighted by Gasteiger charge is -2.30. The number of nitrogens with zero attached hydrogens (tertiary/aromatic N) is 1. The third-order valence-corrected chi connectivity index (χ3v) is 6.57. The van der Waals surface area contributed by atoms with Crippen LogP contribution < -0.4 is 0 Å². The molecule has 0 bridgehead atoms. The molecule has 0 amide bonds. The number of carbonyl (C=O) groups excluding carboxylic acids is 1. The van der Waals surface area contributed by atoms with E-state index in [-0.39, 0.29) is 35.5 Å². The normalized spacial score (nSPS) is 16.7. The summed E-state index contributed by atoms with van der Waals surface area (Å²) in [4.78, 5) is 12.7. The van der Waals surface area contributed by atoms with E-state index in [0.29, 0.717) is 23.4 Å². The smallest absolute Gasteiger partial charge is 0.243 e. The molecule has 0 N–H and O–H groups in total. The zero-order valence-electron chi connectivity index (χ0n) is 13.4. The molecule has 7 heteroatoms. The molecule has 0 saturated carbocycles. The molecule has 1 saturated heterocycles. The summed E-state index contributed by atoms with van der Waals surface area (Å²) in [6.07, 6.45) is 0.895. The van der Waals surface area contributed by atoms with Crippen LogP contribution in [0.25, 0.3) is 0 Å². The molecule has 1 aliphatic heterocycles. The zero-order chi connectivity index (χ0) is 18.0. The quantitative estimate of drug-likeness (QED) is 0.757. The SMILES string of the molecule is O=C(c1ccc(F)cc1)C1CCN(S(=O)(=O)c2ccc(Cl)cc2)CC1. The fourth-order valence-electron chi connectivity index (χ4n) is 2.96. The summed E-state index contributed by atoms with van der Waals surface area (Å²) in [5.41, 5.74) is 0.459. The molecular weight excluding hydrogens is 365 g/mol. The second kappa shape index (κ2) is 7.23. The van der Waals surface area contributed by atoms with Gasteiger partial charge in [0.05, 0.1) is 4.90 Å². The van der Waals surface area contributed by atoms with E-state index in [0.717, 1.165) is 0 Å². The number of piperidine rings is 1. The molecular formula is C18H17ClFNO3S. The molecule has 3 rings (SSSR count). The topological polar surface area (TPSA) is 54.5 Å². The van der Waals surface area contributed by atoms with E-state index in [2.05, 4.69) is 0 Å². The molecule has 2 aromatic carbocycles. The molecule has 4 nitrogen and oxygen atoms in total. The lowest BCUT2D eigenvalue weighted by Crippen LogP contribution is -2.40. The highest BCUT2D eigenvalue weighted by atomic mass is 35.5. The summed E-state index contributed by atoms with van der Waals surface area (Å²) in [7, 11) is -3.58. The largest absolute Gasteiger partial charge is 0.294 e. The van der Waals surface area contributed by atoms with Crippen molar-refractivity contribution in [1.29, 1.82) is 0 Å². The third kappa shape index (κ3) is 3.92. The summed E-state index contributed by atoms with van der Waals surface area (Å²) in [6, 6.07) is 11.5. The number of sulfonamides is 1. The van der Waals surface area contributed by atoms with Crippen molar-refractivity contribution in [3.05, 3.63) is 64.9 Å². The minimum Gasteiger partial charge on any atom is -0.294 e. The van der Waals surface area contributed by atoms with Gasteiger partial charge in [-0.3, -0.25) is 4.79 Å². The Morgan fingerprint density at radius 2 is 1.56 bits per heavy atom. The summed E-state index contributed by atoms with van der Waals surface area (Å²) in [5, 5.41) is 0.475. The van der Waals surface area contributed by atoms with Gasteiger partial charge in [-0.15, -0.1) is 0 Å². The highest BCUT2D eigenvalue weighted by molar-refractivity contribution is 7.89. The first-order chi connectivity index (χ1) is 11.9. The van der Waals surface area contributed by atoms with E-state index in [1.54, 1.807) is 12.1 Å². The average Bonchev–Trinajstić information content (AvgIpc) is 2.62. The number of hydrogen-bond donors (Lipinski definition) is 0. The van der Waals surface area contributed by atoms with Crippen molar-refractivity contribution in [3.63, 3.8) is 0 Å². The van der Waals surface area contributed by atoms with Gasteiger partial charge in [0.25, 0.3) is 0 Å². The van der Waals surface area contributed by atoms with Crippen LogP contribution in [0.4, 0.5) is 4.39 Å². The van der Waals surface area contributed by atoms with Crippen LogP contribution in [0.15, 0.2) is 53.4 Å². The van der Waals surface area contributed by atoms with Gasteiger partial charge in [0.1, 0.15) is 5.82 Å². The lowest BCUT2D eigenvalue weighted by atomic mass is 9.90. The van der Waals surface area contributed by atoms with Crippen molar-refractivity contribution in [2.24, 2.45) is 5.92 Å². The van der Waals surface area contributed by atoms with Crippen molar-refractivity contribution < 1.29 is 17.6 Å². The van der Waals surface area contributed by atoms with Gasteiger partial charge >= 0.3 is 0 Å². The predicted molar refractivity (Wildman–Crippen MR) is 93.7 cm³/mol. The molecule has 132 valence electrons. The molecule has 1 aliphatic rings. The Hall–Kier alpha value is -1.76. The molecule has 0 radical (unpaired) electrons. The van der Waals surface area contributed by atoms with Crippen LogP contribution in [-0.4, -0.2) is 31.6 Å². The summed E-state index contributed by atoms with van der Waals surface area (Å²) >= 11 is 5.80. The first-order valence-electron chi connectivity index (χ1n) is 7.93. The Kier molecular flexibility index (Phi) is 5.22. The number of rotatable bonds is 4. The Labute approximate surface area is 151 Å². The van der Waals surface area contributed by atoms with E-state index in [9.17, 15) is 17.6 Å². The van der Waals surface area contributed by atoms with Gasteiger partial charge < -0.3 is 0 Å². The van der Waals surface area contributed by atoms with Crippen molar-refractivity contribution in [2.75, 3.05) is 13.1 Å². The molecule has 25 heavy (non-hydrogen) atoms. The zero-order valence-corrected chi connectivity index (χ0v) is 14.9. The maximum atomic E-state index is 13.0. The molecule has 0 atom stereocenters. The van der Waals surface area contributed by atoms with E-state index in [1.165, 1.54) is 40.7 Å². The second-order valence-electron chi connectivity index (χ2n) is 6.00. The van der Waals surface area contributed by atoms with Gasteiger partial charge in [-0.05, 0) is 61.4 Å². The van der Waals surface area contributed by atoms with Crippen molar-refractivity contribution >= 4 is 27.4 Å². The maximum Gasteiger partial charge on any atom is 0.243 e. The van der Waals surface area contributed by atoms with Gasteiger partial charge in [-0.25, -0.2) is 12.8 Å². The van der Waals surface area contributed by atoms with E-state index >= 15 is 0 Å². The second-order valence-corrected chi connectivity index (χ2v) is 8.38. The molecule has 0 aliphatic carbocycles. The van der Waals surface area contributed by atoms with Crippen LogP contribution in [0.1, 0.15) is 23.2 Å². The Bertz CT molecular complexity index is 858. The van der Waals surface area contributed by atoms with Gasteiger partial charge in [0, 0.05) is 29.6 Å². The molecule has 0 unspecified atom stereocenters. The monoisotopic (exact) mass is 381 g/mol. The van der Waals surface area contributed by atoms with Crippen LogP contribution in [0.5, 0.6) is 0 Å². The number of carbonyl (C=O) groups is 1. The number of hydrogen-bond acceptors (Lipinski definition) is 3. The number of benzene rings is 2. The van der Waals surface area contributed by atoms with Crippen molar-refractivity contribution in [3.8, 4) is 0 Å². The fourth-order valence-corrected chi connectivity index (χ4v) is 4.56. The average molecular weight is 382 g/mol. The van der Waals surface area contributed by atoms with Crippen LogP contribution in [-0.2, 0) is 10.0 Å². The lowest BCUT2D eigenvalue weighted by molar-refractivity contribution is 0.0875. The van der Waals surface area contributed by atoms with Crippen LogP contribution in [0, 0.1) is 11.7 Å². The Balaban J connectivity index is 1.68. The van der Waals surface area contributed by atoms with Crippen molar-refractivity contribution in [1.82, 2.24) is 4.31 Å². The highest BCUT2D eigenvalue weighted by Crippen LogP contribution is 2.26. The fraction of sp³-hybridized carbons (Fsp3) is 0.278. The third-order valence-electron chi connectivity index (χ3n) is 4.40. The first kappa shape index (κ1) is 18.0. The molecule has 0 spiro atoms. The number of Topliss-reactive ketones (excluding diaryl/α,β-unsaturated/α-hetero) is 1. The van der Waals surface area contributed by atoms with Gasteiger partial charge in [0.15, 0.2) is 5.78 Å². The molecule has 0 aromatic heterocycles. The van der Waals surface area contributed by atoms with Gasteiger partial charge in [0.2, 0.25) is 10.0 Å². The maximum absolute atomic E-state index is 13.0. The molecule has 1 heterocycles. The van der Waals surface area contributed by atoms with E-state index < -0.39 is 10.0 Å². The predicted octanol–water partition coefficient (Wildman–Crippen LogP) is 3.76. The van der Waals surface area contributed by atoms with E-state index in [1.807, 2.05) is 0 Å². The van der Waals surface area contributed by atoms with Crippen LogP contribution in [0.2, 0.25) is 5.02 Å². The minimum absolute atomic E-state index is 0.0662. The van der Waals surface area contributed by atoms with Gasteiger partial charge in [-0.1, -0.05) is 11.6 Å². The van der Waals surface area contributed by atoms with Crippen LogP contribution >= 0.6 is 11.6 Å². The van der Waals surface area contributed by atoms with E-state index in [4.69, 9.17) is 11.6 Å². The first-order valence-corrected chi connectivity index (χ1v) is 9.75. The summed E-state index contributed by atoms with van der Waals surface area (Å²) in [6.45, 7) is 0.561. The number of ketones is 1. The minimum atomic E-state index is -3.58. The summed E-state index contributed by atoms with van der Waals surface area (Å²) in [5.74, 6) is -0.703. The molecule has 1 fully saturated rings. The number of halogens is 2. The highest BCUT2D eigenvalue weighted by Gasteiger charge is 2.32. The summed E-state index contributed by atoms with van der Waals surface area (Å²) < 4.78 is 39.6. The van der Waals surface area contributed by atoms with Gasteiger partial charge in [-0.2, -0.15) is 4.31 Å². The standard InChI is InChI=1S/C18H17ClFNO3S/c19-15-3-7-17(8-4-15)25(23,24)21-11-9-14(10-12-21)18(22)13-1-5-16(20)6-2-13/h1-8,14H,9-12H2.